The quantitative estimate of drug-likeness (QED) is 0.622. The van der Waals surface area contributed by atoms with Crippen molar-refractivity contribution < 1.29 is 9.66 Å². The van der Waals surface area contributed by atoms with E-state index in [0.717, 1.165) is 16.8 Å². The molecule has 0 fully saturated rings. The summed E-state index contributed by atoms with van der Waals surface area (Å²) in [6, 6.07) is 9.42. The van der Waals surface area contributed by atoms with Gasteiger partial charge >= 0.3 is 0 Å². The normalized spacial score (nSPS) is 10.0. The molecule has 0 aliphatic carbocycles. The fourth-order valence-electron chi connectivity index (χ4n) is 1.78. The van der Waals surface area contributed by atoms with Crippen LogP contribution in [-0.4, -0.2) is 16.1 Å². The van der Waals surface area contributed by atoms with Gasteiger partial charge in [0.25, 0.3) is 11.2 Å². The number of ether oxygens (including phenoxy) is 1. The number of nitro groups is 1. The van der Waals surface area contributed by atoms with Crippen molar-refractivity contribution in [1.82, 2.24) is 4.57 Å². The maximum atomic E-state index is 11.9. The van der Waals surface area contributed by atoms with Crippen LogP contribution >= 0.6 is 11.6 Å². The van der Waals surface area contributed by atoms with Gasteiger partial charge in [0.05, 0.1) is 22.7 Å². The van der Waals surface area contributed by atoms with Crippen LogP contribution < -0.4 is 10.3 Å². The van der Waals surface area contributed by atoms with Gasteiger partial charge in [-0.05, 0) is 12.1 Å². The Kier molecular flexibility index (Phi) is 4.76. The summed E-state index contributed by atoms with van der Waals surface area (Å²) in [5.74, 6) is 0.447. The molecule has 0 N–H and O–H groups in total. The van der Waals surface area contributed by atoms with E-state index >= 15 is 0 Å². The Bertz CT molecular complexity index is 810. The maximum absolute atomic E-state index is 11.9. The lowest BCUT2D eigenvalue weighted by molar-refractivity contribution is -0.385. The molecule has 0 aliphatic rings. The van der Waals surface area contributed by atoms with E-state index in [0.29, 0.717) is 10.8 Å². The first-order valence-corrected chi connectivity index (χ1v) is 6.57. The molecule has 0 amide bonds. The first kappa shape index (κ1) is 15.5. The van der Waals surface area contributed by atoms with Crippen molar-refractivity contribution in [1.29, 1.82) is 5.26 Å². The average molecular weight is 320 g/mol. The minimum absolute atomic E-state index is 0.0560. The molecule has 1 aromatic heterocycles. The number of hydrogen-bond acceptors (Lipinski definition) is 5. The van der Waals surface area contributed by atoms with E-state index in [-0.39, 0.29) is 24.4 Å². The molecule has 112 valence electrons. The Morgan fingerprint density at radius 3 is 2.77 bits per heavy atom. The SMILES string of the molecule is N#Cc1cc([N+](=O)[O-])cn(CCOc2ccccc2Cl)c1=O. The summed E-state index contributed by atoms with van der Waals surface area (Å²) in [4.78, 5) is 22.1. The van der Waals surface area contributed by atoms with E-state index in [4.69, 9.17) is 21.6 Å². The Morgan fingerprint density at radius 2 is 2.14 bits per heavy atom. The minimum Gasteiger partial charge on any atom is -0.490 e. The smallest absolute Gasteiger partial charge is 0.287 e. The first-order valence-electron chi connectivity index (χ1n) is 6.19. The second kappa shape index (κ2) is 6.74. The molecule has 0 unspecified atom stereocenters. The number of benzene rings is 1. The summed E-state index contributed by atoms with van der Waals surface area (Å²) in [5.41, 5.74) is -1.21. The van der Waals surface area contributed by atoms with Crippen molar-refractivity contribution in [3.63, 3.8) is 0 Å². The van der Waals surface area contributed by atoms with Crippen LogP contribution in [-0.2, 0) is 6.54 Å². The molecular weight excluding hydrogens is 310 g/mol. The Morgan fingerprint density at radius 1 is 1.41 bits per heavy atom. The fourth-order valence-corrected chi connectivity index (χ4v) is 1.97. The van der Waals surface area contributed by atoms with E-state index in [2.05, 4.69) is 0 Å². The van der Waals surface area contributed by atoms with Crippen molar-refractivity contribution in [2.24, 2.45) is 0 Å². The van der Waals surface area contributed by atoms with Gasteiger partial charge in [-0.3, -0.25) is 14.9 Å². The predicted molar refractivity (Wildman–Crippen MR) is 79.0 cm³/mol. The van der Waals surface area contributed by atoms with Crippen LogP contribution in [0.5, 0.6) is 5.75 Å². The lowest BCUT2D eigenvalue weighted by atomic mass is 10.2. The van der Waals surface area contributed by atoms with Gasteiger partial charge in [0.1, 0.15) is 24.0 Å². The van der Waals surface area contributed by atoms with Gasteiger partial charge in [-0.1, -0.05) is 23.7 Å². The topological polar surface area (TPSA) is 98.2 Å². The van der Waals surface area contributed by atoms with Crippen LogP contribution in [0.3, 0.4) is 0 Å². The molecule has 2 aromatic rings. The van der Waals surface area contributed by atoms with Crippen LogP contribution in [0.15, 0.2) is 41.3 Å². The van der Waals surface area contributed by atoms with Crippen LogP contribution in [0.1, 0.15) is 5.56 Å². The van der Waals surface area contributed by atoms with Crippen LogP contribution in [0.25, 0.3) is 0 Å². The maximum Gasteiger partial charge on any atom is 0.287 e. The standard InChI is InChI=1S/C14H10ClN3O4/c15-12-3-1-2-4-13(12)22-6-5-17-9-11(18(20)21)7-10(8-16)14(17)19/h1-4,7,9H,5-6H2. The number of para-hydroxylation sites is 1. The van der Waals surface area contributed by atoms with E-state index in [9.17, 15) is 14.9 Å². The molecule has 2 rings (SSSR count). The van der Waals surface area contributed by atoms with Gasteiger partial charge in [-0.15, -0.1) is 0 Å². The third kappa shape index (κ3) is 3.42. The van der Waals surface area contributed by atoms with Gasteiger partial charge in [0.2, 0.25) is 0 Å². The van der Waals surface area contributed by atoms with Gasteiger partial charge < -0.3 is 9.30 Å². The molecule has 22 heavy (non-hydrogen) atoms. The zero-order chi connectivity index (χ0) is 16.1. The first-order chi connectivity index (χ1) is 10.5. The molecule has 7 nitrogen and oxygen atoms in total. The minimum atomic E-state index is -0.661. The predicted octanol–water partition coefficient (Wildman–Crippen LogP) is 2.36. The lowest BCUT2D eigenvalue weighted by Gasteiger charge is -2.09. The molecule has 1 aromatic carbocycles. The summed E-state index contributed by atoms with van der Waals surface area (Å²) in [6.45, 7) is 0.135. The largest absolute Gasteiger partial charge is 0.490 e. The lowest BCUT2D eigenvalue weighted by Crippen LogP contribution is -2.25. The van der Waals surface area contributed by atoms with Crippen LogP contribution in [0.2, 0.25) is 5.02 Å². The van der Waals surface area contributed by atoms with E-state index in [1.165, 1.54) is 0 Å². The third-order valence-corrected chi connectivity index (χ3v) is 3.14. The van der Waals surface area contributed by atoms with Gasteiger partial charge in [-0.25, -0.2) is 0 Å². The highest BCUT2D eigenvalue weighted by molar-refractivity contribution is 6.32. The second-order valence-electron chi connectivity index (χ2n) is 4.26. The number of halogens is 1. The zero-order valence-electron chi connectivity index (χ0n) is 11.2. The van der Waals surface area contributed by atoms with Crippen LogP contribution in [0.4, 0.5) is 5.69 Å². The van der Waals surface area contributed by atoms with E-state index in [1.807, 2.05) is 0 Å². The van der Waals surface area contributed by atoms with Crippen molar-refractivity contribution in [3.05, 3.63) is 67.6 Å². The van der Waals surface area contributed by atoms with Crippen molar-refractivity contribution >= 4 is 17.3 Å². The molecule has 8 heteroatoms. The van der Waals surface area contributed by atoms with Gasteiger partial charge in [0, 0.05) is 6.07 Å². The molecule has 0 saturated carbocycles. The molecule has 0 saturated heterocycles. The molecule has 0 spiro atoms. The second-order valence-corrected chi connectivity index (χ2v) is 4.67. The zero-order valence-corrected chi connectivity index (χ0v) is 12.0. The van der Waals surface area contributed by atoms with Crippen molar-refractivity contribution in [2.45, 2.75) is 6.54 Å². The number of nitriles is 1. The number of hydrogen-bond donors (Lipinski definition) is 0. The molecule has 0 bridgehead atoms. The van der Waals surface area contributed by atoms with Gasteiger partial charge in [0.15, 0.2) is 0 Å². The average Bonchev–Trinajstić information content (AvgIpc) is 2.50. The summed E-state index contributed by atoms with van der Waals surface area (Å²) < 4.78 is 6.50. The Balaban J connectivity index is 2.18. The monoisotopic (exact) mass is 319 g/mol. The number of pyridine rings is 1. The van der Waals surface area contributed by atoms with E-state index in [1.54, 1.807) is 30.3 Å². The molecule has 0 aliphatic heterocycles. The van der Waals surface area contributed by atoms with Crippen molar-refractivity contribution in [3.8, 4) is 11.8 Å². The summed E-state index contributed by atoms with van der Waals surface area (Å²) in [7, 11) is 0. The van der Waals surface area contributed by atoms with Gasteiger partial charge in [-0.2, -0.15) is 5.26 Å². The molecule has 0 atom stereocenters. The third-order valence-electron chi connectivity index (χ3n) is 2.83. The summed E-state index contributed by atoms with van der Waals surface area (Å²) in [6.07, 6.45) is 1.08. The van der Waals surface area contributed by atoms with Crippen LogP contribution in [0, 0.1) is 21.4 Å². The van der Waals surface area contributed by atoms with E-state index < -0.39 is 10.5 Å². The van der Waals surface area contributed by atoms with Crippen molar-refractivity contribution in [2.75, 3.05) is 6.61 Å². The number of nitrogens with zero attached hydrogens (tertiary/aromatic N) is 3. The Hall–Kier alpha value is -2.85. The Labute approximate surface area is 130 Å². The highest BCUT2D eigenvalue weighted by Crippen LogP contribution is 2.22. The summed E-state index contributed by atoms with van der Waals surface area (Å²) in [5, 5.41) is 20.1. The molecule has 0 radical (unpaired) electrons. The highest BCUT2D eigenvalue weighted by Gasteiger charge is 2.13. The highest BCUT2D eigenvalue weighted by atomic mass is 35.5. The molecule has 1 heterocycles. The number of aromatic nitrogens is 1. The molecular formula is C14H10ClN3O4. The fraction of sp³-hybridized carbons (Fsp3) is 0.143. The number of rotatable bonds is 5. The summed E-state index contributed by atoms with van der Waals surface area (Å²) >= 11 is 5.93.